The molecule has 0 unspecified atom stereocenters. The van der Waals surface area contributed by atoms with Gasteiger partial charge >= 0.3 is 5.97 Å². The molecule has 0 amide bonds. The minimum Gasteiger partial charge on any atom is -0.477 e. The molecule has 0 aliphatic heterocycles. The van der Waals surface area contributed by atoms with E-state index >= 15 is 0 Å². The molecular formula is C11H10BrN3O2. The van der Waals surface area contributed by atoms with E-state index in [1.54, 1.807) is 0 Å². The summed E-state index contributed by atoms with van der Waals surface area (Å²) in [5.41, 5.74) is 6.72. The number of carbonyl (C=O) groups is 1. The van der Waals surface area contributed by atoms with Crippen LogP contribution in [0.15, 0.2) is 34.9 Å². The van der Waals surface area contributed by atoms with Crippen molar-refractivity contribution in [1.82, 2.24) is 9.78 Å². The molecule has 0 bridgehead atoms. The maximum absolute atomic E-state index is 10.8. The number of anilines is 1. The molecule has 1 aromatic carbocycles. The van der Waals surface area contributed by atoms with Crippen molar-refractivity contribution in [1.29, 1.82) is 0 Å². The van der Waals surface area contributed by atoms with Gasteiger partial charge in [0.05, 0.1) is 12.7 Å². The molecule has 2 rings (SSSR count). The van der Waals surface area contributed by atoms with Gasteiger partial charge in [-0.25, -0.2) is 9.48 Å². The SMILES string of the molecule is Nc1c(C(=O)O)cnn1Cc1cccc(Br)c1. The Kier molecular flexibility index (Phi) is 3.14. The molecule has 0 radical (unpaired) electrons. The van der Waals surface area contributed by atoms with E-state index in [2.05, 4.69) is 21.0 Å². The van der Waals surface area contributed by atoms with E-state index in [0.717, 1.165) is 10.0 Å². The molecule has 0 aliphatic carbocycles. The van der Waals surface area contributed by atoms with E-state index in [-0.39, 0.29) is 11.4 Å². The van der Waals surface area contributed by atoms with Crippen LogP contribution in [0.4, 0.5) is 5.82 Å². The summed E-state index contributed by atoms with van der Waals surface area (Å²) in [7, 11) is 0. The number of nitrogens with two attached hydrogens (primary N) is 1. The molecule has 88 valence electrons. The average molecular weight is 296 g/mol. The maximum atomic E-state index is 10.8. The zero-order valence-electron chi connectivity index (χ0n) is 8.80. The van der Waals surface area contributed by atoms with Crippen molar-refractivity contribution in [2.24, 2.45) is 0 Å². The summed E-state index contributed by atoms with van der Waals surface area (Å²) in [5, 5.41) is 12.8. The van der Waals surface area contributed by atoms with Crippen LogP contribution < -0.4 is 5.73 Å². The number of hydrogen-bond donors (Lipinski definition) is 2. The van der Waals surface area contributed by atoms with Crippen LogP contribution >= 0.6 is 15.9 Å². The van der Waals surface area contributed by atoms with Crippen LogP contribution in [0, 0.1) is 0 Å². The van der Waals surface area contributed by atoms with E-state index in [4.69, 9.17) is 10.8 Å². The molecule has 2 aromatic rings. The Bertz CT molecular complexity index is 566. The number of hydrogen-bond acceptors (Lipinski definition) is 3. The molecule has 0 aliphatic rings. The first-order chi connectivity index (χ1) is 8.08. The Morgan fingerprint density at radius 3 is 2.88 bits per heavy atom. The van der Waals surface area contributed by atoms with E-state index in [9.17, 15) is 4.79 Å². The van der Waals surface area contributed by atoms with Gasteiger partial charge in [0, 0.05) is 4.47 Å². The number of aromatic carboxylic acids is 1. The van der Waals surface area contributed by atoms with Crippen molar-refractivity contribution in [3.63, 3.8) is 0 Å². The normalized spacial score (nSPS) is 10.4. The number of aromatic nitrogens is 2. The standard InChI is InChI=1S/C11H10BrN3O2/c12-8-3-1-2-7(4-8)6-15-10(13)9(5-14-15)11(16)17/h1-5H,6,13H2,(H,16,17). The molecular weight excluding hydrogens is 286 g/mol. The second-order valence-corrected chi connectivity index (χ2v) is 4.45. The highest BCUT2D eigenvalue weighted by Gasteiger charge is 2.13. The van der Waals surface area contributed by atoms with Gasteiger partial charge in [-0.1, -0.05) is 28.1 Å². The lowest BCUT2D eigenvalue weighted by atomic mass is 10.2. The van der Waals surface area contributed by atoms with E-state index in [0.29, 0.717) is 6.54 Å². The first kappa shape index (κ1) is 11.7. The molecule has 6 heteroatoms. The Balaban J connectivity index is 2.28. The Labute approximate surface area is 106 Å². The van der Waals surface area contributed by atoms with Crippen LogP contribution in [-0.4, -0.2) is 20.9 Å². The fraction of sp³-hybridized carbons (Fsp3) is 0.0909. The van der Waals surface area contributed by atoms with Gasteiger partial charge in [-0.05, 0) is 17.7 Å². The van der Waals surface area contributed by atoms with Crippen LogP contribution in [0.25, 0.3) is 0 Å². The maximum Gasteiger partial charge on any atom is 0.341 e. The van der Waals surface area contributed by atoms with Crippen molar-refractivity contribution in [2.45, 2.75) is 6.54 Å². The van der Waals surface area contributed by atoms with E-state index in [1.807, 2.05) is 24.3 Å². The molecule has 5 nitrogen and oxygen atoms in total. The Morgan fingerprint density at radius 2 is 2.29 bits per heavy atom. The van der Waals surface area contributed by atoms with Gasteiger partial charge in [-0.2, -0.15) is 5.10 Å². The molecule has 0 atom stereocenters. The van der Waals surface area contributed by atoms with Gasteiger partial charge in [-0.15, -0.1) is 0 Å². The summed E-state index contributed by atoms with van der Waals surface area (Å²) in [5.74, 6) is -0.902. The zero-order chi connectivity index (χ0) is 12.4. The van der Waals surface area contributed by atoms with Gasteiger partial charge in [0.2, 0.25) is 0 Å². The molecule has 1 aromatic heterocycles. The number of carboxylic acids is 1. The van der Waals surface area contributed by atoms with Crippen LogP contribution in [0.2, 0.25) is 0 Å². The molecule has 3 N–H and O–H groups in total. The number of carboxylic acid groups (broad SMARTS) is 1. The number of nitrogen functional groups attached to an aromatic ring is 1. The lowest BCUT2D eigenvalue weighted by Crippen LogP contribution is -2.08. The number of benzene rings is 1. The highest BCUT2D eigenvalue weighted by atomic mass is 79.9. The van der Waals surface area contributed by atoms with E-state index in [1.165, 1.54) is 10.9 Å². The van der Waals surface area contributed by atoms with Crippen molar-refractivity contribution in [2.75, 3.05) is 5.73 Å². The lowest BCUT2D eigenvalue weighted by Gasteiger charge is -2.05. The average Bonchev–Trinajstić information content (AvgIpc) is 2.61. The third kappa shape index (κ3) is 2.47. The summed E-state index contributed by atoms with van der Waals surface area (Å²) in [6.45, 7) is 0.443. The summed E-state index contributed by atoms with van der Waals surface area (Å²) < 4.78 is 2.42. The predicted molar refractivity (Wildman–Crippen MR) is 66.8 cm³/mol. The molecule has 0 saturated heterocycles. The third-order valence-corrected chi connectivity index (χ3v) is 2.83. The quantitative estimate of drug-likeness (QED) is 0.907. The minimum absolute atomic E-state index is 0.0278. The first-order valence-corrected chi connectivity index (χ1v) is 5.66. The summed E-state index contributed by atoms with van der Waals surface area (Å²) in [6, 6.07) is 7.67. The van der Waals surface area contributed by atoms with Gasteiger partial charge in [0.25, 0.3) is 0 Å². The Morgan fingerprint density at radius 1 is 1.53 bits per heavy atom. The number of halogens is 1. The minimum atomic E-state index is -1.07. The molecule has 17 heavy (non-hydrogen) atoms. The van der Waals surface area contributed by atoms with Crippen LogP contribution in [0.3, 0.4) is 0 Å². The van der Waals surface area contributed by atoms with Crippen molar-refractivity contribution in [3.05, 3.63) is 46.1 Å². The largest absolute Gasteiger partial charge is 0.477 e. The fourth-order valence-corrected chi connectivity index (χ4v) is 1.94. The molecule has 0 saturated carbocycles. The highest BCUT2D eigenvalue weighted by molar-refractivity contribution is 9.10. The van der Waals surface area contributed by atoms with Crippen LogP contribution in [0.5, 0.6) is 0 Å². The van der Waals surface area contributed by atoms with Crippen molar-refractivity contribution >= 4 is 27.7 Å². The highest BCUT2D eigenvalue weighted by Crippen LogP contribution is 2.16. The monoisotopic (exact) mass is 295 g/mol. The Hall–Kier alpha value is -1.82. The zero-order valence-corrected chi connectivity index (χ0v) is 10.4. The van der Waals surface area contributed by atoms with Gasteiger partial charge in [-0.3, -0.25) is 0 Å². The topological polar surface area (TPSA) is 81.1 Å². The van der Waals surface area contributed by atoms with Crippen molar-refractivity contribution in [3.8, 4) is 0 Å². The fourth-order valence-electron chi connectivity index (χ4n) is 1.49. The van der Waals surface area contributed by atoms with Gasteiger partial charge < -0.3 is 10.8 Å². The van der Waals surface area contributed by atoms with Crippen LogP contribution in [0.1, 0.15) is 15.9 Å². The van der Waals surface area contributed by atoms with Gasteiger partial charge in [0.15, 0.2) is 0 Å². The van der Waals surface area contributed by atoms with Gasteiger partial charge in [0.1, 0.15) is 11.4 Å². The second-order valence-electron chi connectivity index (χ2n) is 3.54. The predicted octanol–water partition coefficient (Wildman–Crippen LogP) is 1.97. The lowest BCUT2D eigenvalue weighted by molar-refractivity contribution is 0.0698. The number of rotatable bonds is 3. The van der Waals surface area contributed by atoms with Crippen LogP contribution in [-0.2, 0) is 6.54 Å². The molecule has 0 spiro atoms. The molecule has 0 fully saturated rings. The van der Waals surface area contributed by atoms with E-state index < -0.39 is 5.97 Å². The molecule has 1 heterocycles. The smallest absolute Gasteiger partial charge is 0.341 e. The number of nitrogens with zero attached hydrogens (tertiary/aromatic N) is 2. The second kappa shape index (κ2) is 4.58. The van der Waals surface area contributed by atoms with Crippen molar-refractivity contribution < 1.29 is 9.90 Å². The third-order valence-electron chi connectivity index (χ3n) is 2.33. The summed E-state index contributed by atoms with van der Waals surface area (Å²) >= 11 is 3.37. The first-order valence-electron chi connectivity index (χ1n) is 4.87. The summed E-state index contributed by atoms with van der Waals surface area (Å²) in [4.78, 5) is 10.8. The summed E-state index contributed by atoms with van der Waals surface area (Å²) in [6.07, 6.45) is 1.26.